The van der Waals surface area contributed by atoms with Crippen LogP contribution < -0.4 is 9.62 Å². The van der Waals surface area contributed by atoms with Crippen LogP contribution in [0.1, 0.15) is 32.4 Å². The summed E-state index contributed by atoms with van der Waals surface area (Å²) in [4.78, 5) is 15.1. The molecule has 3 atom stereocenters. The Morgan fingerprint density at radius 3 is 2.76 bits per heavy atom. The fraction of sp³-hybridized carbons (Fsp3) is 0.500. The molecule has 1 aliphatic rings. The van der Waals surface area contributed by atoms with Gasteiger partial charge in [-0.3, -0.25) is 0 Å². The van der Waals surface area contributed by atoms with Crippen LogP contribution in [-0.4, -0.2) is 70.6 Å². The molecule has 1 N–H and O–H groups in total. The van der Waals surface area contributed by atoms with Gasteiger partial charge in [0.05, 0.1) is 42.9 Å². The lowest BCUT2D eigenvalue weighted by atomic mass is 10.0. The van der Waals surface area contributed by atoms with Gasteiger partial charge in [0.25, 0.3) is 6.43 Å². The number of imidazole rings is 1. The summed E-state index contributed by atoms with van der Waals surface area (Å²) in [5.74, 6) is 0.618. The predicted octanol–water partition coefficient (Wildman–Crippen LogP) is 2.05. The van der Waals surface area contributed by atoms with Crippen molar-refractivity contribution in [1.29, 1.82) is 0 Å². The molecule has 0 amide bonds. The molecular formula is C20H25F2N7O3S. The Morgan fingerprint density at radius 1 is 1.27 bits per heavy atom. The van der Waals surface area contributed by atoms with Crippen LogP contribution in [0.25, 0.3) is 17.0 Å². The van der Waals surface area contributed by atoms with Crippen molar-refractivity contribution in [1.82, 2.24) is 29.3 Å². The van der Waals surface area contributed by atoms with E-state index in [2.05, 4.69) is 29.7 Å². The maximum atomic E-state index is 13.2. The average molecular weight is 482 g/mol. The number of anilines is 1. The van der Waals surface area contributed by atoms with E-state index in [9.17, 15) is 17.2 Å². The third-order valence-corrected chi connectivity index (χ3v) is 6.37. The Labute approximate surface area is 190 Å². The van der Waals surface area contributed by atoms with Crippen LogP contribution in [0.5, 0.6) is 0 Å². The van der Waals surface area contributed by atoms with Crippen molar-refractivity contribution < 1.29 is 21.9 Å². The number of morpholine rings is 1. The molecular weight excluding hydrogens is 456 g/mol. The number of hydrogen-bond donors (Lipinski definition) is 1. The quantitative estimate of drug-likeness (QED) is 0.545. The van der Waals surface area contributed by atoms with Crippen LogP contribution in [0.2, 0.25) is 0 Å². The van der Waals surface area contributed by atoms with Gasteiger partial charge in [0, 0.05) is 12.6 Å². The minimum atomic E-state index is -3.36. The molecule has 3 aromatic heterocycles. The smallest absolute Gasteiger partial charge is 0.282 e. The number of hydrogen-bond acceptors (Lipinski definition) is 8. The van der Waals surface area contributed by atoms with E-state index in [0.29, 0.717) is 29.5 Å². The van der Waals surface area contributed by atoms with Gasteiger partial charge in [0.2, 0.25) is 10.0 Å². The molecule has 1 saturated heterocycles. The maximum Gasteiger partial charge on any atom is 0.282 e. The summed E-state index contributed by atoms with van der Waals surface area (Å²) in [6, 6.07) is 4.31. The molecule has 0 spiro atoms. The van der Waals surface area contributed by atoms with E-state index in [1.54, 1.807) is 6.07 Å². The minimum absolute atomic E-state index is 0.0166. The average Bonchev–Trinajstić information content (AvgIpc) is 3.20. The molecule has 13 heteroatoms. The molecule has 3 unspecified atom stereocenters. The van der Waals surface area contributed by atoms with Crippen molar-refractivity contribution in [2.75, 3.05) is 24.3 Å². The van der Waals surface area contributed by atoms with Gasteiger partial charge in [-0.15, -0.1) is 0 Å². The first kappa shape index (κ1) is 23.4. The monoisotopic (exact) mass is 481 g/mol. The highest BCUT2D eigenvalue weighted by atomic mass is 32.2. The molecule has 4 rings (SSSR count). The van der Waals surface area contributed by atoms with E-state index >= 15 is 0 Å². The van der Waals surface area contributed by atoms with E-state index in [1.807, 2.05) is 13.8 Å². The largest absolute Gasteiger partial charge is 0.373 e. The topological polar surface area (TPSA) is 115 Å². The SMILES string of the molecule is CCC1COC(CNS(C)(=O)=O)C(C)N1c1cc(-c2cnc3ccc(C(F)F)nn23)ncn1. The zero-order valence-electron chi connectivity index (χ0n) is 18.4. The summed E-state index contributed by atoms with van der Waals surface area (Å²) in [6.45, 7) is 4.53. The van der Waals surface area contributed by atoms with Crippen molar-refractivity contribution in [2.45, 2.75) is 44.9 Å². The van der Waals surface area contributed by atoms with Crippen LogP contribution in [0.15, 0.2) is 30.7 Å². The molecule has 0 aliphatic carbocycles. The van der Waals surface area contributed by atoms with Crippen molar-refractivity contribution in [3.63, 3.8) is 0 Å². The number of fused-ring (bicyclic) bond motifs is 1. The lowest BCUT2D eigenvalue weighted by Crippen LogP contribution is -2.58. The fourth-order valence-corrected chi connectivity index (χ4v) is 4.41. The number of nitrogens with one attached hydrogen (secondary N) is 1. The second-order valence-electron chi connectivity index (χ2n) is 7.94. The van der Waals surface area contributed by atoms with E-state index in [-0.39, 0.29) is 30.4 Å². The third-order valence-electron chi connectivity index (χ3n) is 5.68. The summed E-state index contributed by atoms with van der Waals surface area (Å²) < 4.78 is 59.2. The molecule has 1 aliphatic heterocycles. The zero-order valence-corrected chi connectivity index (χ0v) is 19.2. The highest BCUT2D eigenvalue weighted by Crippen LogP contribution is 2.29. The Morgan fingerprint density at radius 2 is 2.06 bits per heavy atom. The number of nitrogens with zero attached hydrogens (tertiary/aromatic N) is 6. The number of alkyl halides is 2. The van der Waals surface area contributed by atoms with Crippen molar-refractivity contribution in [2.24, 2.45) is 0 Å². The highest BCUT2D eigenvalue weighted by Gasteiger charge is 2.36. The van der Waals surface area contributed by atoms with Gasteiger partial charge < -0.3 is 9.64 Å². The number of aromatic nitrogens is 5. The lowest BCUT2D eigenvalue weighted by Gasteiger charge is -2.45. The third kappa shape index (κ3) is 4.94. The van der Waals surface area contributed by atoms with E-state index in [1.165, 1.54) is 29.2 Å². The molecule has 0 radical (unpaired) electrons. The standard InChI is InChI=1S/C20H25F2N7O3S/c1-4-13-10-32-17(9-26-33(3,30)31)12(2)28(13)19-7-15(24-11-25-19)16-8-23-18-6-5-14(20(21)22)27-29(16)18/h5-8,11-13,17,20,26H,4,9-10H2,1-3H3. The van der Waals surface area contributed by atoms with E-state index < -0.39 is 16.4 Å². The predicted molar refractivity (Wildman–Crippen MR) is 118 cm³/mol. The zero-order chi connectivity index (χ0) is 23.8. The number of ether oxygens (including phenoxy) is 1. The second-order valence-corrected chi connectivity index (χ2v) is 9.77. The van der Waals surface area contributed by atoms with Crippen molar-refractivity contribution >= 4 is 21.5 Å². The van der Waals surface area contributed by atoms with E-state index in [0.717, 1.165) is 12.7 Å². The van der Waals surface area contributed by atoms with Gasteiger partial charge in [-0.2, -0.15) is 5.10 Å². The van der Waals surface area contributed by atoms with Crippen LogP contribution in [0, 0.1) is 0 Å². The molecule has 0 aromatic carbocycles. The Balaban J connectivity index is 1.68. The minimum Gasteiger partial charge on any atom is -0.373 e. The maximum absolute atomic E-state index is 13.2. The van der Waals surface area contributed by atoms with Crippen molar-refractivity contribution in [3.05, 3.63) is 36.4 Å². The van der Waals surface area contributed by atoms with Gasteiger partial charge in [-0.25, -0.2) is 41.4 Å². The van der Waals surface area contributed by atoms with Gasteiger partial charge in [-0.05, 0) is 25.5 Å². The Kier molecular flexibility index (Phi) is 6.54. The second kappa shape index (κ2) is 9.23. The van der Waals surface area contributed by atoms with Crippen molar-refractivity contribution in [3.8, 4) is 11.4 Å². The van der Waals surface area contributed by atoms with Crippen LogP contribution in [0.4, 0.5) is 14.6 Å². The summed E-state index contributed by atoms with van der Waals surface area (Å²) in [7, 11) is -3.36. The first-order chi connectivity index (χ1) is 15.7. The lowest BCUT2D eigenvalue weighted by molar-refractivity contribution is -0.00239. The van der Waals surface area contributed by atoms with Gasteiger partial charge in [0.1, 0.15) is 23.5 Å². The van der Waals surface area contributed by atoms with Gasteiger partial charge in [-0.1, -0.05) is 6.92 Å². The molecule has 1 fully saturated rings. The Hall–Kier alpha value is -2.77. The van der Waals surface area contributed by atoms with Gasteiger partial charge >= 0.3 is 0 Å². The first-order valence-corrected chi connectivity index (χ1v) is 12.4. The van der Waals surface area contributed by atoms with Crippen LogP contribution in [0.3, 0.4) is 0 Å². The first-order valence-electron chi connectivity index (χ1n) is 10.5. The summed E-state index contributed by atoms with van der Waals surface area (Å²) in [5.41, 5.74) is 1.00. The van der Waals surface area contributed by atoms with Crippen LogP contribution in [-0.2, 0) is 14.8 Å². The number of halogens is 2. The number of sulfonamides is 1. The summed E-state index contributed by atoms with van der Waals surface area (Å²) >= 11 is 0. The molecule has 4 heterocycles. The van der Waals surface area contributed by atoms with Gasteiger partial charge in [0.15, 0.2) is 5.65 Å². The molecule has 0 bridgehead atoms. The van der Waals surface area contributed by atoms with Crippen LogP contribution >= 0.6 is 0 Å². The highest BCUT2D eigenvalue weighted by molar-refractivity contribution is 7.88. The molecule has 33 heavy (non-hydrogen) atoms. The molecule has 10 nitrogen and oxygen atoms in total. The summed E-state index contributed by atoms with van der Waals surface area (Å²) in [5, 5.41) is 4.00. The molecule has 0 saturated carbocycles. The molecule has 3 aromatic rings. The Bertz CT molecular complexity index is 1240. The van der Waals surface area contributed by atoms with E-state index in [4.69, 9.17) is 4.74 Å². The summed E-state index contributed by atoms with van der Waals surface area (Å²) in [6.07, 6.45) is 1.73. The molecule has 178 valence electrons. The number of rotatable bonds is 7. The normalized spacial score (nSPS) is 21.8. The fourth-order valence-electron chi connectivity index (χ4n) is 3.95.